The van der Waals surface area contributed by atoms with Crippen LogP contribution in [0.2, 0.25) is 0 Å². The Bertz CT molecular complexity index is 1460. The van der Waals surface area contributed by atoms with Crippen LogP contribution in [0.4, 0.5) is 10.5 Å². The fourth-order valence-corrected chi connectivity index (χ4v) is 5.27. The Labute approximate surface area is 222 Å². The molecule has 2 heterocycles. The highest BCUT2D eigenvalue weighted by Gasteiger charge is 2.36. The minimum Gasteiger partial charge on any atom is -0.489 e. The quantitative estimate of drug-likeness (QED) is 0.228. The molecule has 1 fully saturated rings. The van der Waals surface area contributed by atoms with Gasteiger partial charge in [-0.15, -0.1) is 0 Å². The number of carbonyl (C=O) groups excluding carboxylic acids is 2. The number of anilines is 1. The average Bonchev–Trinajstić information content (AvgIpc) is 3.32. The van der Waals surface area contributed by atoms with E-state index in [1.165, 1.54) is 4.90 Å². The Morgan fingerprint density at radius 3 is 2.28 bits per heavy atom. The van der Waals surface area contributed by atoms with Crippen molar-refractivity contribution in [1.29, 1.82) is 0 Å². The number of nitrogens with zero attached hydrogens (tertiary/aromatic N) is 2. The zero-order chi connectivity index (χ0) is 25.2. The van der Waals surface area contributed by atoms with Crippen LogP contribution in [0.5, 0.6) is 5.75 Å². The predicted molar refractivity (Wildman–Crippen MR) is 149 cm³/mol. The number of benzene rings is 3. The Morgan fingerprint density at radius 2 is 1.58 bits per heavy atom. The highest BCUT2D eigenvalue weighted by atomic mass is 79.9. The Balaban J connectivity index is 1.35. The normalized spacial score (nSPS) is 14.6. The summed E-state index contributed by atoms with van der Waals surface area (Å²) in [4.78, 5) is 27.2. The number of aryl methyl sites for hydroxylation is 1. The van der Waals surface area contributed by atoms with Gasteiger partial charge in [0.1, 0.15) is 12.4 Å². The molecule has 1 aliphatic heterocycles. The molecule has 180 valence electrons. The summed E-state index contributed by atoms with van der Waals surface area (Å²) in [6, 6.07) is 27.0. The molecule has 1 aromatic heterocycles. The Morgan fingerprint density at radius 1 is 0.889 bits per heavy atom. The van der Waals surface area contributed by atoms with Crippen molar-refractivity contribution >= 4 is 50.6 Å². The zero-order valence-electron chi connectivity index (χ0n) is 19.8. The minimum absolute atomic E-state index is 0.287. The first-order chi connectivity index (χ1) is 17.4. The van der Waals surface area contributed by atoms with Crippen LogP contribution in [0.25, 0.3) is 11.8 Å². The molecule has 1 saturated heterocycles. The topological polar surface area (TPSA) is 51.5 Å². The van der Waals surface area contributed by atoms with Crippen molar-refractivity contribution in [2.45, 2.75) is 20.5 Å². The van der Waals surface area contributed by atoms with Crippen LogP contribution in [0.1, 0.15) is 22.5 Å². The van der Waals surface area contributed by atoms with Crippen molar-refractivity contribution in [3.63, 3.8) is 0 Å². The van der Waals surface area contributed by atoms with Gasteiger partial charge in [-0.1, -0.05) is 46.3 Å². The fourth-order valence-electron chi connectivity index (χ4n) is 4.18. The lowest BCUT2D eigenvalue weighted by Crippen LogP contribution is -2.27. The van der Waals surface area contributed by atoms with Crippen molar-refractivity contribution < 1.29 is 14.3 Å². The average molecular weight is 559 g/mol. The third-order valence-electron chi connectivity index (χ3n) is 5.98. The second-order valence-electron chi connectivity index (χ2n) is 8.42. The highest BCUT2D eigenvalue weighted by molar-refractivity contribution is 9.10. The summed E-state index contributed by atoms with van der Waals surface area (Å²) < 4.78 is 9.11. The molecule has 1 aliphatic rings. The van der Waals surface area contributed by atoms with E-state index in [0.717, 1.165) is 50.2 Å². The van der Waals surface area contributed by atoms with Crippen molar-refractivity contribution in [2.75, 3.05) is 4.90 Å². The van der Waals surface area contributed by atoms with Crippen LogP contribution in [0, 0.1) is 13.8 Å². The number of thioether (sulfide) groups is 1. The van der Waals surface area contributed by atoms with Crippen LogP contribution in [-0.2, 0) is 11.4 Å². The first-order valence-electron chi connectivity index (χ1n) is 11.4. The van der Waals surface area contributed by atoms with Gasteiger partial charge in [-0.05, 0) is 97.4 Å². The lowest BCUT2D eigenvalue weighted by Gasteiger charge is -2.12. The lowest BCUT2D eigenvalue weighted by molar-refractivity contribution is -0.113. The van der Waals surface area contributed by atoms with E-state index in [0.29, 0.717) is 17.2 Å². The number of halogens is 1. The van der Waals surface area contributed by atoms with Gasteiger partial charge < -0.3 is 9.30 Å². The predicted octanol–water partition coefficient (Wildman–Crippen LogP) is 7.68. The van der Waals surface area contributed by atoms with Crippen molar-refractivity contribution in [3.8, 4) is 11.4 Å². The largest absolute Gasteiger partial charge is 0.489 e. The molecule has 0 spiro atoms. The standard InChI is InChI=1S/C29H23BrN2O3S/c1-19-16-22(17-27-28(33)32(29(34)36-27)24-6-4-3-5-7-24)20(2)31(19)25-12-14-26(15-13-25)35-18-21-8-10-23(30)11-9-21/h3-17H,18H2,1-2H3/b27-17-. The van der Waals surface area contributed by atoms with E-state index in [2.05, 4.69) is 20.5 Å². The molecule has 0 N–H and O–H groups in total. The SMILES string of the molecule is Cc1cc(/C=C2\SC(=O)N(c3ccccc3)C2=O)c(C)n1-c1ccc(OCc2ccc(Br)cc2)cc1. The van der Waals surface area contributed by atoms with Crippen molar-refractivity contribution in [3.05, 3.63) is 117 Å². The third-order valence-corrected chi connectivity index (χ3v) is 7.38. The molecule has 0 unspecified atom stereocenters. The van der Waals surface area contributed by atoms with Crippen LogP contribution >= 0.6 is 27.7 Å². The molecule has 0 radical (unpaired) electrons. The monoisotopic (exact) mass is 558 g/mol. The molecular weight excluding hydrogens is 536 g/mol. The van der Waals surface area contributed by atoms with E-state index in [9.17, 15) is 9.59 Å². The maximum Gasteiger partial charge on any atom is 0.298 e. The van der Waals surface area contributed by atoms with E-state index in [1.54, 1.807) is 12.1 Å². The number of rotatable bonds is 6. The van der Waals surface area contributed by atoms with Crippen LogP contribution in [0.15, 0.2) is 94.3 Å². The minimum atomic E-state index is -0.298. The van der Waals surface area contributed by atoms with Gasteiger partial charge in [-0.3, -0.25) is 9.59 Å². The Kier molecular flexibility index (Phi) is 6.85. The zero-order valence-corrected chi connectivity index (χ0v) is 22.2. The van der Waals surface area contributed by atoms with E-state index >= 15 is 0 Å². The number of hydrogen-bond acceptors (Lipinski definition) is 4. The van der Waals surface area contributed by atoms with Gasteiger partial charge in [0.25, 0.3) is 11.1 Å². The molecule has 2 amide bonds. The summed E-state index contributed by atoms with van der Waals surface area (Å²) >= 11 is 4.41. The number of carbonyl (C=O) groups is 2. The summed E-state index contributed by atoms with van der Waals surface area (Å²) in [5.74, 6) is 0.493. The van der Waals surface area contributed by atoms with E-state index in [1.807, 2.05) is 92.7 Å². The van der Waals surface area contributed by atoms with Crippen LogP contribution < -0.4 is 9.64 Å². The van der Waals surface area contributed by atoms with Gasteiger partial charge in [0.05, 0.1) is 10.6 Å². The fraction of sp³-hybridized carbons (Fsp3) is 0.103. The summed E-state index contributed by atoms with van der Waals surface area (Å²) in [6.45, 7) is 4.53. The number of amides is 2. The Hall–Kier alpha value is -3.55. The van der Waals surface area contributed by atoms with E-state index < -0.39 is 0 Å². The number of hydrogen-bond donors (Lipinski definition) is 0. The lowest BCUT2D eigenvalue weighted by atomic mass is 10.2. The van der Waals surface area contributed by atoms with E-state index in [4.69, 9.17) is 4.74 Å². The van der Waals surface area contributed by atoms with Gasteiger partial charge in [-0.2, -0.15) is 0 Å². The van der Waals surface area contributed by atoms with Gasteiger partial charge in [0.15, 0.2) is 0 Å². The maximum atomic E-state index is 13.0. The molecule has 4 aromatic rings. The maximum absolute atomic E-state index is 13.0. The van der Waals surface area contributed by atoms with Crippen LogP contribution in [-0.4, -0.2) is 15.7 Å². The third kappa shape index (κ3) is 4.90. The van der Waals surface area contributed by atoms with Crippen molar-refractivity contribution in [2.24, 2.45) is 0 Å². The highest BCUT2D eigenvalue weighted by Crippen LogP contribution is 2.36. The molecule has 36 heavy (non-hydrogen) atoms. The molecule has 5 nitrogen and oxygen atoms in total. The van der Waals surface area contributed by atoms with Gasteiger partial charge >= 0.3 is 0 Å². The smallest absolute Gasteiger partial charge is 0.298 e. The number of imide groups is 1. The van der Waals surface area contributed by atoms with Gasteiger partial charge in [-0.25, -0.2) is 4.90 Å². The van der Waals surface area contributed by atoms with Crippen LogP contribution in [0.3, 0.4) is 0 Å². The van der Waals surface area contributed by atoms with Gasteiger partial charge in [0, 0.05) is 21.5 Å². The van der Waals surface area contributed by atoms with Gasteiger partial charge in [0.2, 0.25) is 0 Å². The van der Waals surface area contributed by atoms with Crippen molar-refractivity contribution in [1.82, 2.24) is 4.57 Å². The molecular formula is C29H23BrN2O3S. The second kappa shape index (κ2) is 10.2. The summed E-state index contributed by atoms with van der Waals surface area (Å²) in [5, 5.41) is -0.287. The summed E-state index contributed by atoms with van der Waals surface area (Å²) in [5.41, 5.74) is 5.60. The molecule has 0 atom stereocenters. The molecule has 3 aromatic carbocycles. The number of ether oxygens (including phenoxy) is 1. The summed E-state index contributed by atoms with van der Waals surface area (Å²) in [7, 11) is 0. The first kappa shape index (κ1) is 24.2. The first-order valence-corrected chi connectivity index (χ1v) is 13.0. The molecule has 0 saturated carbocycles. The second-order valence-corrected chi connectivity index (χ2v) is 10.3. The number of para-hydroxylation sites is 1. The number of aromatic nitrogens is 1. The summed E-state index contributed by atoms with van der Waals surface area (Å²) in [6.07, 6.45) is 1.81. The molecule has 0 aliphatic carbocycles. The molecule has 5 rings (SSSR count). The molecule has 7 heteroatoms. The molecule has 0 bridgehead atoms. The van der Waals surface area contributed by atoms with E-state index in [-0.39, 0.29) is 11.1 Å².